The summed E-state index contributed by atoms with van der Waals surface area (Å²) in [5.74, 6) is 0.0192. The quantitative estimate of drug-likeness (QED) is 0.889. The molecule has 1 amide bonds. The molecule has 2 rings (SSSR count). The molecule has 1 saturated heterocycles. The number of piperidine rings is 1. The minimum Gasteiger partial charge on any atom is -0.389 e. The number of aromatic nitrogens is 2. The maximum Gasteiger partial charge on any atom is 0.257 e. The van der Waals surface area contributed by atoms with E-state index < -0.39 is 5.60 Å². The van der Waals surface area contributed by atoms with Crippen LogP contribution in [0.5, 0.6) is 0 Å². The molecule has 1 aromatic heterocycles. The molecule has 1 atom stereocenters. The molecule has 0 unspecified atom stereocenters. The van der Waals surface area contributed by atoms with Crippen molar-refractivity contribution in [1.29, 1.82) is 0 Å². The summed E-state index contributed by atoms with van der Waals surface area (Å²) in [7, 11) is 0. The molecule has 20 heavy (non-hydrogen) atoms. The van der Waals surface area contributed by atoms with Crippen LogP contribution in [0.25, 0.3) is 0 Å². The van der Waals surface area contributed by atoms with Crippen LogP contribution in [0.1, 0.15) is 56.6 Å². The highest BCUT2D eigenvalue weighted by Gasteiger charge is 2.45. The molecule has 5 nitrogen and oxygen atoms in total. The molecular formula is C15H25N3O2. The van der Waals surface area contributed by atoms with Gasteiger partial charge in [-0.05, 0) is 19.8 Å². The zero-order chi connectivity index (χ0) is 15.0. The van der Waals surface area contributed by atoms with Gasteiger partial charge in [-0.25, -0.2) is 0 Å². The summed E-state index contributed by atoms with van der Waals surface area (Å²) >= 11 is 0. The summed E-state index contributed by atoms with van der Waals surface area (Å²) in [6.07, 6.45) is 4.03. The highest BCUT2D eigenvalue weighted by Crippen LogP contribution is 2.38. The second-order valence-electron chi connectivity index (χ2n) is 6.65. The van der Waals surface area contributed by atoms with E-state index in [2.05, 4.69) is 17.1 Å². The third-order valence-electron chi connectivity index (χ3n) is 4.65. The number of amides is 1. The SMILES string of the molecule is CCCc1[nH]ncc1C(=O)N1CC[C@@](C)(O)C(C)(C)C1. The number of hydrogen-bond acceptors (Lipinski definition) is 3. The molecule has 1 aliphatic heterocycles. The molecule has 1 aromatic rings. The standard InChI is InChI=1S/C15H25N3O2/c1-5-6-12-11(9-16-17-12)13(19)18-8-7-15(4,20)14(2,3)10-18/h9,20H,5-8,10H2,1-4H3,(H,16,17)/t15-/m1/s1. The number of carbonyl (C=O) groups excluding carboxylic acids is 1. The summed E-state index contributed by atoms with van der Waals surface area (Å²) in [6.45, 7) is 9.11. The van der Waals surface area contributed by atoms with Crippen LogP contribution in [0.3, 0.4) is 0 Å². The van der Waals surface area contributed by atoms with Gasteiger partial charge in [-0.3, -0.25) is 9.89 Å². The number of aryl methyl sites for hydroxylation is 1. The smallest absolute Gasteiger partial charge is 0.257 e. The van der Waals surface area contributed by atoms with Gasteiger partial charge in [0, 0.05) is 24.2 Å². The number of aromatic amines is 1. The second kappa shape index (κ2) is 5.20. The first-order chi connectivity index (χ1) is 9.28. The molecule has 0 aliphatic carbocycles. The van der Waals surface area contributed by atoms with Crippen LogP contribution < -0.4 is 0 Å². The number of nitrogens with zero attached hydrogens (tertiary/aromatic N) is 2. The Bertz CT molecular complexity index is 491. The van der Waals surface area contributed by atoms with Gasteiger partial charge in [0.05, 0.1) is 17.4 Å². The molecule has 1 aliphatic rings. The Balaban J connectivity index is 2.17. The monoisotopic (exact) mass is 279 g/mol. The van der Waals surface area contributed by atoms with E-state index in [1.54, 1.807) is 6.20 Å². The lowest BCUT2D eigenvalue weighted by Crippen LogP contribution is -2.57. The molecular weight excluding hydrogens is 254 g/mol. The molecule has 0 bridgehead atoms. The van der Waals surface area contributed by atoms with Gasteiger partial charge in [-0.15, -0.1) is 0 Å². The number of hydrogen-bond donors (Lipinski definition) is 2. The van der Waals surface area contributed by atoms with Gasteiger partial charge < -0.3 is 10.0 Å². The van der Waals surface area contributed by atoms with Crippen LogP contribution in [-0.4, -0.2) is 44.8 Å². The zero-order valence-corrected chi connectivity index (χ0v) is 12.9. The van der Waals surface area contributed by atoms with Crippen LogP contribution >= 0.6 is 0 Å². The molecule has 0 aromatic carbocycles. The Morgan fingerprint density at radius 3 is 2.80 bits per heavy atom. The van der Waals surface area contributed by atoms with E-state index in [1.165, 1.54) is 0 Å². The molecule has 1 fully saturated rings. The van der Waals surface area contributed by atoms with Crippen molar-refractivity contribution in [2.75, 3.05) is 13.1 Å². The van der Waals surface area contributed by atoms with Crippen LogP contribution in [0.4, 0.5) is 0 Å². The zero-order valence-electron chi connectivity index (χ0n) is 12.9. The van der Waals surface area contributed by atoms with Crippen LogP contribution in [0.2, 0.25) is 0 Å². The molecule has 112 valence electrons. The minimum atomic E-state index is -0.730. The fourth-order valence-electron chi connectivity index (χ4n) is 2.70. The summed E-state index contributed by atoms with van der Waals surface area (Å²) in [6, 6.07) is 0. The van der Waals surface area contributed by atoms with Crippen molar-refractivity contribution in [3.05, 3.63) is 17.5 Å². The Labute approximate surface area is 120 Å². The fourth-order valence-corrected chi connectivity index (χ4v) is 2.70. The topological polar surface area (TPSA) is 69.2 Å². The third kappa shape index (κ3) is 2.59. The molecule has 0 saturated carbocycles. The number of H-pyrrole nitrogens is 1. The van der Waals surface area contributed by atoms with E-state index in [0.29, 0.717) is 25.1 Å². The van der Waals surface area contributed by atoms with Crippen molar-refractivity contribution < 1.29 is 9.90 Å². The van der Waals surface area contributed by atoms with E-state index in [0.717, 1.165) is 18.5 Å². The lowest BCUT2D eigenvalue weighted by atomic mass is 9.71. The maximum absolute atomic E-state index is 12.6. The summed E-state index contributed by atoms with van der Waals surface area (Å²) in [5.41, 5.74) is 0.541. The predicted molar refractivity (Wildman–Crippen MR) is 77.5 cm³/mol. The Morgan fingerprint density at radius 1 is 1.50 bits per heavy atom. The van der Waals surface area contributed by atoms with Gasteiger partial charge in [0.25, 0.3) is 5.91 Å². The van der Waals surface area contributed by atoms with Crippen molar-refractivity contribution in [3.63, 3.8) is 0 Å². The molecule has 5 heteroatoms. The van der Waals surface area contributed by atoms with Crippen LogP contribution in [0.15, 0.2) is 6.20 Å². The molecule has 2 N–H and O–H groups in total. The van der Waals surface area contributed by atoms with Gasteiger partial charge in [0.15, 0.2) is 0 Å². The number of aliphatic hydroxyl groups is 1. The van der Waals surface area contributed by atoms with Gasteiger partial charge >= 0.3 is 0 Å². The molecule has 2 heterocycles. The van der Waals surface area contributed by atoms with Crippen LogP contribution in [0, 0.1) is 5.41 Å². The Hall–Kier alpha value is -1.36. The number of carbonyl (C=O) groups is 1. The van der Waals surface area contributed by atoms with Crippen molar-refractivity contribution in [2.24, 2.45) is 5.41 Å². The minimum absolute atomic E-state index is 0.0192. The highest BCUT2D eigenvalue weighted by atomic mass is 16.3. The van der Waals surface area contributed by atoms with Crippen molar-refractivity contribution in [3.8, 4) is 0 Å². The lowest BCUT2D eigenvalue weighted by molar-refractivity contribution is -0.0971. The first kappa shape index (κ1) is 15.0. The van der Waals surface area contributed by atoms with E-state index >= 15 is 0 Å². The average Bonchev–Trinajstić information content (AvgIpc) is 2.80. The normalized spacial score (nSPS) is 25.8. The highest BCUT2D eigenvalue weighted by molar-refractivity contribution is 5.95. The predicted octanol–water partition coefficient (Wildman–Crippen LogP) is 1.99. The van der Waals surface area contributed by atoms with Gasteiger partial charge in [0.1, 0.15) is 0 Å². The first-order valence-electron chi connectivity index (χ1n) is 7.32. The molecule has 0 radical (unpaired) electrons. The first-order valence-corrected chi connectivity index (χ1v) is 7.32. The van der Waals surface area contributed by atoms with Crippen LogP contribution in [-0.2, 0) is 6.42 Å². The third-order valence-corrected chi connectivity index (χ3v) is 4.65. The molecule has 0 spiro atoms. The van der Waals surface area contributed by atoms with Crippen molar-refractivity contribution in [1.82, 2.24) is 15.1 Å². The summed E-state index contributed by atoms with van der Waals surface area (Å²) in [5, 5.41) is 17.3. The van der Waals surface area contributed by atoms with E-state index in [1.807, 2.05) is 25.7 Å². The number of nitrogens with one attached hydrogen (secondary N) is 1. The average molecular weight is 279 g/mol. The van der Waals surface area contributed by atoms with Crippen molar-refractivity contribution >= 4 is 5.91 Å². The van der Waals surface area contributed by atoms with E-state index in [4.69, 9.17) is 0 Å². The van der Waals surface area contributed by atoms with E-state index in [-0.39, 0.29) is 11.3 Å². The van der Waals surface area contributed by atoms with Gasteiger partial charge in [0.2, 0.25) is 0 Å². The lowest BCUT2D eigenvalue weighted by Gasteiger charge is -2.48. The largest absolute Gasteiger partial charge is 0.389 e. The van der Waals surface area contributed by atoms with E-state index in [9.17, 15) is 9.90 Å². The summed E-state index contributed by atoms with van der Waals surface area (Å²) in [4.78, 5) is 14.5. The second-order valence-corrected chi connectivity index (χ2v) is 6.65. The Kier molecular flexibility index (Phi) is 3.91. The summed E-state index contributed by atoms with van der Waals surface area (Å²) < 4.78 is 0. The van der Waals surface area contributed by atoms with Gasteiger partial charge in [-0.1, -0.05) is 27.2 Å². The fraction of sp³-hybridized carbons (Fsp3) is 0.733. The Morgan fingerprint density at radius 2 is 2.20 bits per heavy atom. The van der Waals surface area contributed by atoms with Crippen molar-refractivity contribution in [2.45, 2.75) is 52.6 Å². The maximum atomic E-state index is 12.6. The number of likely N-dealkylation sites (tertiary alicyclic amines) is 1. The number of rotatable bonds is 3. The van der Waals surface area contributed by atoms with Gasteiger partial charge in [-0.2, -0.15) is 5.10 Å².